The van der Waals surface area contributed by atoms with Crippen molar-refractivity contribution in [2.75, 3.05) is 20.1 Å². The minimum Gasteiger partial charge on any atom is -0.481 e. The highest BCUT2D eigenvalue weighted by atomic mass is 16.4. The number of carboxylic acid groups (broad SMARTS) is 1. The van der Waals surface area contributed by atoms with E-state index in [4.69, 9.17) is 5.11 Å². The lowest BCUT2D eigenvalue weighted by atomic mass is 9.99. The second-order valence-electron chi connectivity index (χ2n) is 4.62. The Morgan fingerprint density at radius 3 is 2.39 bits per heavy atom. The molecule has 0 radical (unpaired) electrons. The van der Waals surface area contributed by atoms with Crippen molar-refractivity contribution in [3.63, 3.8) is 0 Å². The first-order chi connectivity index (χ1) is 8.36. The van der Waals surface area contributed by atoms with Crippen LogP contribution in [0.4, 0.5) is 4.79 Å². The lowest BCUT2D eigenvalue weighted by Crippen LogP contribution is -2.48. The van der Waals surface area contributed by atoms with Gasteiger partial charge in [0, 0.05) is 20.1 Å². The van der Waals surface area contributed by atoms with E-state index in [0.29, 0.717) is 13.1 Å². The van der Waals surface area contributed by atoms with E-state index < -0.39 is 29.9 Å². The molecule has 0 aromatic carbocycles. The summed E-state index contributed by atoms with van der Waals surface area (Å²) in [6.07, 6.45) is 0. The van der Waals surface area contributed by atoms with Crippen molar-refractivity contribution < 1.29 is 19.5 Å². The monoisotopic (exact) mass is 257 g/mol. The molecule has 18 heavy (non-hydrogen) atoms. The Labute approximate surface area is 106 Å². The average Bonchev–Trinajstić information content (AvgIpc) is 2.70. The first kappa shape index (κ1) is 14.4. The zero-order valence-electron chi connectivity index (χ0n) is 10.8. The van der Waals surface area contributed by atoms with Gasteiger partial charge in [0.25, 0.3) is 0 Å². The zero-order chi connectivity index (χ0) is 13.9. The van der Waals surface area contributed by atoms with Gasteiger partial charge in [0.2, 0.25) is 5.91 Å². The number of amides is 3. The molecule has 1 heterocycles. The van der Waals surface area contributed by atoms with E-state index >= 15 is 0 Å². The standard InChI is InChI=1S/C11H19N3O4/c1-6-4-14(5-8(6)10(16)17)7(2)9(15)13-11(18)12-3/h6-8H,4-5H2,1-3H3,(H,16,17)(H2,12,13,15,18)/t6-,7?,8-/m1/s1. The molecule has 3 N–H and O–H groups in total. The van der Waals surface area contributed by atoms with Gasteiger partial charge in [-0.15, -0.1) is 0 Å². The van der Waals surface area contributed by atoms with Crippen LogP contribution in [0.5, 0.6) is 0 Å². The SMILES string of the molecule is CNC(=O)NC(=O)C(C)N1C[C@@H](C)[C@H](C(=O)O)C1. The number of nitrogens with zero attached hydrogens (tertiary/aromatic N) is 1. The van der Waals surface area contributed by atoms with Crippen molar-refractivity contribution in [2.45, 2.75) is 19.9 Å². The van der Waals surface area contributed by atoms with Crippen molar-refractivity contribution in [3.05, 3.63) is 0 Å². The molecule has 0 aromatic rings. The number of imide groups is 1. The van der Waals surface area contributed by atoms with Crippen LogP contribution in [0.25, 0.3) is 0 Å². The number of hydrogen-bond acceptors (Lipinski definition) is 4. The highest BCUT2D eigenvalue weighted by Gasteiger charge is 2.38. The van der Waals surface area contributed by atoms with Crippen molar-refractivity contribution in [1.29, 1.82) is 0 Å². The Hall–Kier alpha value is -1.63. The summed E-state index contributed by atoms with van der Waals surface area (Å²) in [6.45, 7) is 4.38. The quantitative estimate of drug-likeness (QED) is 0.632. The minimum absolute atomic E-state index is 0.00208. The second kappa shape index (κ2) is 5.81. The van der Waals surface area contributed by atoms with E-state index in [9.17, 15) is 14.4 Å². The molecule has 102 valence electrons. The molecule has 0 aliphatic carbocycles. The number of likely N-dealkylation sites (tertiary alicyclic amines) is 1. The predicted octanol–water partition coefficient (Wildman–Crippen LogP) is -0.517. The number of carbonyl (C=O) groups is 3. The number of carbonyl (C=O) groups excluding carboxylic acids is 2. The van der Waals surface area contributed by atoms with E-state index in [1.165, 1.54) is 7.05 Å². The first-order valence-corrected chi connectivity index (χ1v) is 5.86. The third-order valence-electron chi connectivity index (χ3n) is 3.35. The lowest BCUT2D eigenvalue weighted by molar-refractivity contribution is -0.142. The Balaban J connectivity index is 2.58. The molecule has 7 nitrogen and oxygen atoms in total. The van der Waals surface area contributed by atoms with Crippen LogP contribution in [-0.2, 0) is 9.59 Å². The van der Waals surface area contributed by atoms with Gasteiger partial charge in [-0.1, -0.05) is 6.92 Å². The van der Waals surface area contributed by atoms with Crippen LogP contribution in [0.1, 0.15) is 13.8 Å². The molecular formula is C11H19N3O4. The number of urea groups is 1. The third kappa shape index (κ3) is 3.19. The van der Waals surface area contributed by atoms with Crippen LogP contribution < -0.4 is 10.6 Å². The van der Waals surface area contributed by atoms with E-state index in [-0.39, 0.29) is 5.92 Å². The minimum atomic E-state index is -0.844. The van der Waals surface area contributed by atoms with Gasteiger partial charge in [0.05, 0.1) is 12.0 Å². The molecule has 7 heteroatoms. The molecule has 1 rings (SSSR count). The summed E-state index contributed by atoms with van der Waals surface area (Å²) < 4.78 is 0. The smallest absolute Gasteiger partial charge is 0.321 e. The second-order valence-corrected chi connectivity index (χ2v) is 4.62. The van der Waals surface area contributed by atoms with Crippen LogP contribution >= 0.6 is 0 Å². The van der Waals surface area contributed by atoms with E-state index in [1.807, 2.05) is 6.92 Å². The molecule has 1 saturated heterocycles. The van der Waals surface area contributed by atoms with Gasteiger partial charge in [-0.05, 0) is 12.8 Å². The summed E-state index contributed by atoms with van der Waals surface area (Å²) in [4.78, 5) is 35.5. The maximum absolute atomic E-state index is 11.7. The van der Waals surface area contributed by atoms with Crippen molar-refractivity contribution >= 4 is 17.9 Å². The molecule has 1 aliphatic heterocycles. The lowest BCUT2D eigenvalue weighted by Gasteiger charge is -2.22. The van der Waals surface area contributed by atoms with Gasteiger partial charge < -0.3 is 10.4 Å². The molecule has 0 saturated carbocycles. The number of hydrogen-bond donors (Lipinski definition) is 3. The maximum Gasteiger partial charge on any atom is 0.321 e. The fourth-order valence-electron chi connectivity index (χ4n) is 2.09. The molecule has 1 fully saturated rings. The third-order valence-corrected chi connectivity index (χ3v) is 3.35. The molecule has 1 unspecified atom stereocenters. The molecule has 0 spiro atoms. The van der Waals surface area contributed by atoms with Gasteiger partial charge in [0.15, 0.2) is 0 Å². The fraction of sp³-hybridized carbons (Fsp3) is 0.727. The number of aliphatic carboxylic acids is 1. The zero-order valence-corrected chi connectivity index (χ0v) is 10.8. The van der Waals surface area contributed by atoms with Gasteiger partial charge in [-0.2, -0.15) is 0 Å². The van der Waals surface area contributed by atoms with Crippen LogP contribution in [0.2, 0.25) is 0 Å². The Morgan fingerprint density at radius 2 is 1.94 bits per heavy atom. The molecular weight excluding hydrogens is 238 g/mol. The maximum atomic E-state index is 11.7. The van der Waals surface area contributed by atoms with Crippen molar-refractivity contribution in [1.82, 2.24) is 15.5 Å². The van der Waals surface area contributed by atoms with Crippen LogP contribution in [-0.4, -0.2) is 54.1 Å². The van der Waals surface area contributed by atoms with E-state index in [1.54, 1.807) is 11.8 Å². The molecule has 3 amide bonds. The van der Waals surface area contributed by atoms with Crippen LogP contribution in [0.15, 0.2) is 0 Å². The Morgan fingerprint density at radius 1 is 1.33 bits per heavy atom. The van der Waals surface area contributed by atoms with Gasteiger partial charge in [-0.25, -0.2) is 4.79 Å². The van der Waals surface area contributed by atoms with Gasteiger partial charge in [0.1, 0.15) is 0 Å². The van der Waals surface area contributed by atoms with E-state index in [0.717, 1.165) is 0 Å². The normalized spacial score (nSPS) is 25.5. The summed E-state index contributed by atoms with van der Waals surface area (Å²) in [7, 11) is 1.42. The molecule has 3 atom stereocenters. The summed E-state index contributed by atoms with van der Waals surface area (Å²) in [5.74, 6) is -1.73. The average molecular weight is 257 g/mol. The molecule has 1 aliphatic rings. The Bertz CT molecular complexity index is 358. The predicted molar refractivity (Wildman–Crippen MR) is 63.9 cm³/mol. The number of nitrogens with one attached hydrogen (secondary N) is 2. The fourth-order valence-corrected chi connectivity index (χ4v) is 2.09. The summed E-state index contributed by atoms with van der Waals surface area (Å²) >= 11 is 0. The number of carboxylic acids is 1. The summed E-state index contributed by atoms with van der Waals surface area (Å²) in [5, 5.41) is 13.5. The van der Waals surface area contributed by atoms with Crippen molar-refractivity contribution in [3.8, 4) is 0 Å². The topological polar surface area (TPSA) is 98.7 Å². The van der Waals surface area contributed by atoms with Crippen molar-refractivity contribution in [2.24, 2.45) is 11.8 Å². The van der Waals surface area contributed by atoms with Gasteiger partial charge in [-0.3, -0.25) is 19.8 Å². The highest BCUT2D eigenvalue weighted by molar-refractivity contribution is 5.96. The van der Waals surface area contributed by atoms with Crippen LogP contribution in [0, 0.1) is 11.8 Å². The Kier molecular flexibility index (Phi) is 4.66. The van der Waals surface area contributed by atoms with E-state index in [2.05, 4.69) is 10.6 Å². The first-order valence-electron chi connectivity index (χ1n) is 5.86. The summed E-state index contributed by atoms with van der Waals surface area (Å²) in [5.41, 5.74) is 0. The van der Waals surface area contributed by atoms with Crippen LogP contribution in [0.3, 0.4) is 0 Å². The molecule has 0 aromatic heterocycles. The molecule has 0 bridgehead atoms. The number of rotatable bonds is 3. The summed E-state index contributed by atoms with van der Waals surface area (Å²) in [6, 6.07) is -1.08. The van der Waals surface area contributed by atoms with Gasteiger partial charge >= 0.3 is 12.0 Å². The highest BCUT2D eigenvalue weighted by Crippen LogP contribution is 2.24. The largest absolute Gasteiger partial charge is 0.481 e.